The van der Waals surface area contributed by atoms with Crippen molar-refractivity contribution in [2.45, 2.75) is 61.3 Å². The first-order valence-corrected chi connectivity index (χ1v) is 11.7. The van der Waals surface area contributed by atoms with Gasteiger partial charge in [-0.1, -0.05) is 0 Å². The van der Waals surface area contributed by atoms with Crippen LogP contribution in [0.25, 0.3) is 0 Å². The van der Waals surface area contributed by atoms with Gasteiger partial charge in [0.2, 0.25) is 0 Å². The molecular weight excluding hydrogens is 506 g/mol. The molecule has 0 amide bonds. The first-order valence-electron chi connectivity index (χ1n) is 8.87. The molecule has 2 aliphatic rings. The molecule has 2 saturated heterocycles. The Morgan fingerprint density at radius 1 is 1.00 bits per heavy atom. The van der Waals surface area contributed by atoms with Gasteiger partial charge in [-0.3, -0.25) is 9.11 Å². The van der Waals surface area contributed by atoms with Gasteiger partial charge in [-0.15, -0.1) is 0 Å². The van der Waals surface area contributed by atoms with E-state index >= 15 is 0 Å². The van der Waals surface area contributed by atoms with E-state index in [9.17, 15) is 47.2 Å². The van der Waals surface area contributed by atoms with Gasteiger partial charge >= 0.3 is 26.7 Å². The Morgan fingerprint density at radius 2 is 1.61 bits per heavy atom. The third-order valence-electron chi connectivity index (χ3n) is 4.72. The van der Waals surface area contributed by atoms with Crippen molar-refractivity contribution in [3.63, 3.8) is 0 Å². The van der Waals surface area contributed by atoms with E-state index in [1.807, 2.05) is 0 Å². The van der Waals surface area contributed by atoms with Crippen LogP contribution in [0.3, 0.4) is 0 Å². The van der Waals surface area contributed by atoms with Crippen molar-refractivity contribution in [3.05, 3.63) is 0 Å². The number of aliphatic hydroxyl groups is 4. The highest BCUT2D eigenvalue weighted by Crippen LogP contribution is 2.31. The number of hydrogen-bond donors (Lipinski definition) is 8. The second kappa shape index (κ2) is 10.7. The smallest absolute Gasteiger partial charge is 0.397 e. The number of carboxylic acid groups (broad SMARTS) is 1. The summed E-state index contributed by atoms with van der Waals surface area (Å²) in [5, 5.41) is 49.5. The van der Waals surface area contributed by atoms with Gasteiger partial charge in [0, 0.05) is 7.11 Å². The minimum Gasteiger partial charge on any atom is -0.479 e. The molecule has 0 radical (unpaired) electrons. The van der Waals surface area contributed by atoms with E-state index in [-0.39, 0.29) is 0 Å². The Labute approximate surface area is 186 Å². The Kier molecular flexibility index (Phi) is 9.08. The van der Waals surface area contributed by atoms with Crippen molar-refractivity contribution in [2.75, 3.05) is 13.7 Å². The summed E-state index contributed by atoms with van der Waals surface area (Å²) >= 11 is 0. The predicted molar refractivity (Wildman–Crippen MR) is 96.8 cm³/mol. The van der Waals surface area contributed by atoms with E-state index in [4.69, 9.17) is 23.3 Å². The highest BCUT2D eigenvalue weighted by atomic mass is 32.3. The Morgan fingerprint density at radius 3 is 2.06 bits per heavy atom. The molecule has 2 heterocycles. The van der Waals surface area contributed by atoms with Crippen LogP contribution in [0.1, 0.15) is 0 Å². The van der Waals surface area contributed by atoms with Crippen LogP contribution in [0.15, 0.2) is 0 Å². The van der Waals surface area contributed by atoms with Gasteiger partial charge in [-0.25, -0.2) is 8.98 Å². The molecule has 2 rings (SSSR count). The van der Waals surface area contributed by atoms with Gasteiger partial charge in [0.15, 0.2) is 24.8 Å². The fourth-order valence-corrected chi connectivity index (χ4v) is 4.45. The zero-order valence-electron chi connectivity index (χ0n) is 16.5. The normalized spacial score (nSPS) is 40.5. The average molecular weight is 529 g/mol. The number of carboxylic acids is 1. The van der Waals surface area contributed by atoms with Crippen LogP contribution in [-0.4, -0.2) is 133 Å². The monoisotopic (exact) mass is 529 g/mol. The lowest BCUT2D eigenvalue weighted by Gasteiger charge is -2.46. The number of aliphatic hydroxyl groups excluding tert-OH is 4. The standard InChI is InChI=1S/C13H23NO17S2/c1-27-7-3(2-15)28-13(4(5(7)16)14-32(21,22)23)30-8-6(17)9(31-33(24,25)26)12(20)29-10(8)11(18)19/h3-10,12-17,20H,2H2,1H3,(H,18,19)(H,21,22,23)(H,24,25,26)/t3?,4?,5-,6+,7+,8-,9?,10?,12?,13+/m1/s1. The van der Waals surface area contributed by atoms with Gasteiger partial charge in [0.05, 0.1) is 6.61 Å². The van der Waals surface area contributed by atoms with Crippen LogP contribution >= 0.6 is 0 Å². The van der Waals surface area contributed by atoms with E-state index in [1.165, 1.54) is 0 Å². The zero-order chi connectivity index (χ0) is 25.3. The zero-order valence-corrected chi connectivity index (χ0v) is 18.1. The van der Waals surface area contributed by atoms with E-state index < -0.39 is 94.6 Å². The van der Waals surface area contributed by atoms with Crippen molar-refractivity contribution in [2.24, 2.45) is 0 Å². The SMILES string of the molecule is CO[C@H]1C(CO)O[C@@H](O[C@H]2C(C(=O)O)OC(O)C(OS(=O)(=O)O)[C@H]2O)C(NS(=O)(=O)O)[C@H]1O. The molecule has 10 atom stereocenters. The van der Waals surface area contributed by atoms with Gasteiger partial charge in [-0.2, -0.15) is 21.6 Å². The van der Waals surface area contributed by atoms with Crippen LogP contribution < -0.4 is 4.72 Å². The quantitative estimate of drug-likeness (QED) is 0.129. The molecule has 0 aliphatic carbocycles. The van der Waals surface area contributed by atoms with Crippen molar-refractivity contribution in [1.29, 1.82) is 0 Å². The molecule has 5 unspecified atom stereocenters. The Balaban J connectivity index is 2.42. The van der Waals surface area contributed by atoms with Crippen LogP contribution in [0.5, 0.6) is 0 Å². The Hall–Kier alpha value is -1.11. The van der Waals surface area contributed by atoms with E-state index in [0.717, 1.165) is 7.11 Å². The molecule has 20 heteroatoms. The number of carbonyl (C=O) groups is 1. The maximum atomic E-state index is 11.5. The first kappa shape index (κ1) is 28.1. The molecule has 33 heavy (non-hydrogen) atoms. The molecule has 8 N–H and O–H groups in total. The fourth-order valence-electron chi connectivity index (χ4n) is 3.36. The number of ether oxygens (including phenoxy) is 4. The minimum absolute atomic E-state index is 0.826. The fraction of sp³-hybridized carbons (Fsp3) is 0.923. The summed E-state index contributed by atoms with van der Waals surface area (Å²) in [5.41, 5.74) is 0. The van der Waals surface area contributed by atoms with Gasteiger partial charge in [0.25, 0.3) is 0 Å². The number of nitrogens with one attached hydrogen (secondary N) is 1. The molecule has 0 aromatic carbocycles. The highest BCUT2D eigenvalue weighted by molar-refractivity contribution is 7.83. The number of aliphatic carboxylic acids is 1. The lowest BCUT2D eigenvalue weighted by Crippen LogP contribution is -2.68. The highest BCUT2D eigenvalue weighted by Gasteiger charge is 2.54. The summed E-state index contributed by atoms with van der Waals surface area (Å²) in [6.07, 6.45) is -18.2. The summed E-state index contributed by atoms with van der Waals surface area (Å²) < 4.78 is 88.4. The molecule has 194 valence electrons. The molecule has 0 aromatic rings. The number of hydrogen-bond acceptors (Lipinski definition) is 14. The predicted octanol–water partition coefficient (Wildman–Crippen LogP) is -5.42. The van der Waals surface area contributed by atoms with E-state index in [2.05, 4.69) is 8.92 Å². The summed E-state index contributed by atoms with van der Waals surface area (Å²) in [7, 11) is -9.27. The molecule has 0 spiro atoms. The maximum Gasteiger partial charge on any atom is 0.397 e. The molecule has 0 aromatic heterocycles. The average Bonchev–Trinajstić information content (AvgIpc) is 2.67. The maximum absolute atomic E-state index is 11.5. The van der Waals surface area contributed by atoms with Gasteiger partial charge < -0.3 is 44.5 Å². The van der Waals surface area contributed by atoms with Crippen molar-refractivity contribution < 1.29 is 79.4 Å². The van der Waals surface area contributed by atoms with Crippen LogP contribution in [-0.2, 0) is 48.6 Å². The first-order chi connectivity index (χ1) is 15.1. The lowest BCUT2D eigenvalue weighted by molar-refractivity contribution is -0.333. The summed E-state index contributed by atoms with van der Waals surface area (Å²) in [6, 6.07) is -1.93. The van der Waals surface area contributed by atoms with Crippen molar-refractivity contribution in [3.8, 4) is 0 Å². The van der Waals surface area contributed by atoms with Gasteiger partial charge in [0.1, 0.15) is 36.6 Å². The van der Waals surface area contributed by atoms with Gasteiger partial charge in [-0.05, 0) is 0 Å². The number of rotatable bonds is 9. The molecule has 18 nitrogen and oxygen atoms in total. The number of methoxy groups -OCH3 is 1. The van der Waals surface area contributed by atoms with Crippen LogP contribution in [0.2, 0.25) is 0 Å². The summed E-state index contributed by atoms with van der Waals surface area (Å²) in [6.45, 7) is -0.826. The summed E-state index contributed by atoms with van der Waals surface area (Å²) in [5.74, 6) is -1.85. The lowest BCUT2D eigenvalue weighted by atomic mass is 9.96. The molecule has 0 saturated carbocycles. The topological polar surface area (TPSA) is 285 Å². The third kappa shape index (κ3) is 6.95. The second-order valence-electron chi connectivity index (χ2n) is 6.90. The second-order valence-corrected chi connectivity index (χ2v) is 9.13. The molecule has 0 bridgehead atoms. The van der Waals surface area contributed by atoms with E-state index in [0.29, 0.717) is 0 Å². The van der Waals surface area contributed by atoms with Crippen molar-refractivity contribution >= 4 is 26.7 Å². The summed E-state index contributed by atoms with van der Waals surface area (Å²) in [4.78, 5) is 11.5. The van der Waals surface area contributed by atoms with Crippen LogP contribution in [0.4, 0.5) is 0 Å². The van der Waals surface area contributed by atoms with Crippen LogP contribution in [0, 0.1) is 0 Å². The van der Waals surface area contributed by atoms with E-state index in [1.54, 1.807) is 4.72 Å². The largest absolute Gasteiger partial charge is 0.479 e. The molecular formula is C13H23NO17S2. The van der Waals surface area contributed by atoms with Crippen molar-refractivity contribution in [1.82, 2.24) is 4.72 Å². The molecule has 2 aliphatic heterocycles. The Bertz CT molecular complexity index is 895. The minimum atomic E-state index is -5.30. The molecule has 2 fully saturated rings. The third-order valence-corrected chi connectivity index (χ3v) is 5.75.